The second-order valence-electron chi connectivity index (χ2n) is 7.35. The van der Waals surface area contributed by atoms with Gasteiger partial charge in [0.1, 0.15) is 10.7 Å². The topological polar surface area (TPSA) is 69.7 Å². The Bertz CT molecular complexity index is 742. The van der Waals surface area contributed by atoms with Crippen molar-refractivity contribution in [1.82, 2.24) is 14.5 Å². The average molecular weight is 398 g/mol. The average Bonchev–Trinajstić information content (AvgIpc) is 3.19. The number of carbonyl (C=O) groups excluding carboxylic acids is 1. The smallest absolute Gasteiger partial charge is 0.317 e. The maximum Gasteiger partial charge on any atom is 0.317 e. The van der Waals surface area contributed by atoms with E-state index in [4.69, 9.17) is 0 Å². The van der Waals surface area contributed by atoms with E-state index in [1.165, 1.54) is 48.2 Å². The van der Waals surface area contributed by atoms with Crippen LogP contribution in [0.25, 0.3) is 0 Å². The molecule has 2 aliphatic rings. The zero-order valence-electron chi connectivity index (χ0n) is 15.6. The number of hydrogen-bond donors (Lipinski definition) is 1. The van der Waals surface area contributed by atoms with E-state index in [-0.39, 0.29) is 24.0 Å². The molecule has 1 aromatic rings. The number of hydrogen-bond acceptors (Lipinski definition) is 3. The summed E-state index contributed by atoms with van der Waals surface area (Å²) in [4.78, 5) is 13.6. The van der Waals surface area contributed by atoms with Gasteiger partial charge in [0.2, 0.25) is 10.0 Å². The van der Waals surface area contributed by atoms with Gasteiger partial charge in [-0.3, -0.25) is 0 Å². The number of piperazine rings is 1. The van der Waals surface area contributed by atoms with Crippen LogP contribution in [0.3, 0.4) is 0 Å². The zero-order chi connectivity index (χ0) is 19.3. The Balaban J connectivity index is 1.44. The molecule has 2 amide bonds. The monoisotopic (exact) mass is 397 g/mol. The van der Waals surface area contributed by atoms with Gasteiger partial charge < -0.3 is 10.2 Å². The van der Waals surface area contributed by atoms with Gasteiger partial charge in [-0.2, -0.15) is 4.31 Å². The molecule has 0 atom stereocenters. The van der Waals surface area contributed by atoms with Gasteiger partial charge in [-0.15, -0.1) is 0 Å². The molecule has 1 aliphatic carbocycles. The van der Waals surface area contributed by atoms with E-state index >= 15 is 0 Å². The van der Waals surface area contributed by atoms with Crippen molar-refractivity contribution in [3.8, 4) is 0 Å². The number of carbonyl (C=O) groups is 1. The molecule has 1 heterocycles. The lowest BCUT2D eigenvalue weighted by atomic mass is 10.0. The van der Waals surface area contributed by atoms with Gasteiger partial charge in [0.25, 0.3) is 0 Å². The maximum atomic E-state index is 13.8. The van der Waals surface area contributed by atoms with Crippen molar-refractivity contribution >= 4 is 16.1 Å². The molecule has 1 N–H and O–H groups in total. The van der Waals surface area contributed by atoms with Gasteiger partial charge in [0, 0.05) is 32.7 Å². The molecule has 0 radical (unpaired) electrons. The molecule has 2 fully saturated rings. The standard InChI is InChI=1S/C19H28FN3O3S/c20-17-9-3-4-10-18(17)27(25,26)23-14-12-22(13-15-23)19(24)21-11-5-8-16-6-1-2-7-16/h3-4,9-10,16H,1-2,5-8,11-15H2,(H,21,24). The highest BCUT2D eigenvalue weighted by Gasteiger charge is 2.31. The van der Waals surface area contributed by atoms with Crippen LogP contribution >= 0.6 is 0 Å². The van der Waals surface area contributed by atoms with Gasteiger partial charge in [-0.05, 0) is 30.9 Å². The number of halogens is 1. The summed E-state index contributed by atoms with van der Waals surface area (Å²) in [5.74, 6) is 0.0639. The fraction of sp³-hybridized carbons (Fsp3) is 0.632. The van der Waals surface area contributed by atoms with Crippen LogP contribution in [0, 0.1) is 11.7 Å². The molecule has 1 aliphatic heterocycles. The third-order valence-corrected chi connectivity index (χ3v) is 7.45. The van der Waals surface area contributed by atoms with Crippen molar-refractivity contribution in [2.75, 3.05) is 32.7 Å². The van der Waals surface area contributed by atoms with E-state index in [0.717, 1.165) is 24.8 Å². The first-order chi connectivity index (χ1) is 13.0. The molecule has 0 aromatic heterocycles. The third-order valence-electron chi connectivity index (χ3n) is 5.52. The Hall–Kier alpha value is -1.67. The predicted molar refractivity (Wildman–Crippen MR) is 101 cm³/mol. The lowest BCUT2D eigenvalue weighted by molar-refractivity contribution is 0.172. The van der Waals surface area contributed by atoms with Crippen molar-refractivity contribution in [2.24, 2.45) is 5.92 Å². The lowest BCUT2D eigenvalue weighted by Crippen LogP contribution is -2.53. The minimum Gasteiger partial charge on any atom is -0.338 e. The first kappa shape index (κ1) is 20.1. The molecule has 150 valence electrons. The molecule has 1 saturated carbocycles. The normalized spacial score (nSPS) is 19.4. The minimum atomic E-state index is -3.87. The maximum absolute atomic E-state index is 13.8. The third kappa shape index (κ3) is 4.99. The van der Waals surface area contributed by atoms with Gasteiger partial charge >= 0.3 is 6.03 Å². The number of amides is 2. The van der Waals surface area contributed by atoms with E-state index in [1.807, 2.05) is 0 Å². The van der Waals surface area contributed by atoms with Crippen LogP contribution in [0.5, 0.6) is 0 Å². The molecule has 0 unspecified atom stereocenters. The Labute approximate surface area is 160 Å². The molecular weight excluding hydrogens is 369 g/mol. The van der Waals surface area contributed by atoms with E-state index in [2.05, 4.69) is 5.32 Å². The summed E-state index contributed by atoms with van der Waals surface area (Å²) in [6.07, 6.45) is 7.43. The molecule has 8 heteroatoms. The van der Waals surface area contributed by atoms with Crippen LogP contribution in [-0.4, -0.2) is 56.4 Å². The van der Waals surface area contributed by atoms with E-state index in [9.17, 15) is 17.6 Å². The van der Waals surface area contributed by atoms with Crippen molar-refractivity contribution in [2.45, 2.75) is 43.4 Å². The van der Waals surface area contributed by atoms with Crippen LogP contribution < -0.4 is 5.32 Å². The molecule has 0 bridgehead atoms. The first-order valence-corrected chi connectivity index (χ1v) is 11.2. The number of urea groups is 1. The highest BCUT2D eigenvalue weighted by molar-refractivity contribution is 7.89. The van der Waals surface area contributed by atoms with E-state index in [1.54, 1.807) is 4.90 Å². The number of rotatable bonds is 6. The van der Waals surface area contributed by atoms with E-state index < -0.39 is 15.8 Å². The van der Waals surface area contributed by atoms with Crippen LogP contribution in [0.2, 0.25) is 0 Å². The zero-order valence-corrected chi connectivity index (χ0v) is 16.4. The fourth-order valence-corrected chi connectivity index (χ4v) is 5.41. The van der Waals surface area contributed by atoms with Crippen molar-refractivity contribution in [1.29, 1.82) is 0 Å². The number of benzene rings is 1. The second-order valence-corrected chi connectivity index (χ2v) is 9.25. The van der Waals surface area contributed by atoms with Crippen LogP contribution in [0.4, 0.5) is 9.18 Å². The Morgan fingerprint density at radius 1 is 1.11 bits per heavy atom. The largest absolute Gasteiger partial charge is 0.338 e. The molecule has 27 heavy (non-hydrogen) atoms. The van der Waals surface area contributed by atoms with Crippen LogP contribution in [-0.2, 0) is 10.0 Å². The molecule has 1 aromatic carbocycles. The fourth-order valence-electron chi connectivity index (χ4n) is 3.92. The number of nitrogens with one attached hydrogen (secondary N) is 1. The second kappa shape index (κ2) is 9.01. The lowest BCUT2D eigenvalue weighted by Gasteiger charge is -2.34. The van der Waals surface area contributed by atoms with Gasteiger partial charge in [0.05, 0.1) is 0 Å². The van der Waals surface area contributed by atoms with E-state index in [0.29, 0.717) is 19.6 Å². The quantitative estimate of drug-likeness (QED) is 0.751. The van der Waals surface area contributed by atoms with Gasteiger partial charge in [-0.25, -0.2) is 17.6 Å². The van der Waals surface area contributed by atoms with Crippen LogP contribution in [0.1, 0.15) is 38.5 Å². The van der Waals surface area contributed by atoms with Gasteiger partial charge in [0.15, 0.2) is 0 Å². The highest BCUT2D eigenvalue weighted by atomic mass is 32.2. The Morgan fingerprint density at radius 3 is 2.44 bits per heavy atom. The van der Waals surface area contributed by atoms with Gasteiger partial charge in [-0.1, -0.05) is 37.8 Å². The minimum absolute atomic E-state index is 0.149. The van der Waals surface area contributed by atoms with Crippen molar-refractivity contribution < 1.29 is 17.6 Å². The summed E-state index contributed by atoms with van der Waals surface area (Å²) in [7, 11) is -3.87. The summed E-state index contributed by atoms with van der Waals surface area (Å²) in [6.45, 7) is 1.62. The number of sulfonamides is 1. The number of nitrogens with zero attached hydrogens (tertiary/aromatic N) is 2. The summed E-state index contributed by atoms with van der Waals surface area (Å²) in [5, 5.41) is 2.93. The molecule has 1 saturated heterocycles. The SMILES string of the molecule is O=C(NCCCC1CCCC1)N1CCN(S(=O)(=O)c2ccccc2F)CC1. The first-order valence-electron chi connectivity index (χ1n) is 9.76. The molecule has 0 spiro atoms. The molecular formula is C19H28FN3O3S. The molecule has 3 rings (SSSR count). The summed E-state index contributed by atoms with van der Waals surface area (Å²) >= 11 is 0. The summed E-state index contributed by atoms with van der Waals surface area (Å²) < 4.78 is 40.3. The highest BCUT2D eigenvalue weighted by Crippen LogP contribution is 2.28. The Kier molecular flexibility index (Phi) is 6.70. The summed E-state index contributed by atoms with van der Waals surface area (Å²) in [5.41, 5.74) is 0. The van der Waals surface area contributed by atoms with Crippen LogP contribution in [0.15, 0.2) is 29.2 Å². The van der Waals surface area contributed by atoms with Crippen molar-refractivity contribution in [3.05, 3.63) is 30.1 Å². The Morgan fingerprint density at radius 2 is 1.78 bits per heavy atom. The van der Waals surface area contributed by atoms with Crippen molar-refractivity contribution in [3.63, 3.8) is 0 Å². The molecule has 6 nitrogen and oxygen atoms in total. The summed E-state index contributed by atoms with van der Waals surface area (Å²) in [6, 6.07) is 5.23. The predicted octanol–water partition coefficient (Wildman–Crippen LogP) is 2.81.